The number of ether oxygens (including phenoxy) is 2. The van der Waals surface area contributed by atoms with E-state index in [1.54, 1.807) is 6.92 Å². The highest BCUT2D eigenvalue weighted by atomic mass is 35.6. The molecule has 1 aliphatic rings. The van der Waals surface area contributed by atoms with Crippen molar-refractivity contribution in [2.45, 2.75) is 101 Å². The van der Waals surface area contributed by atoms with E-state index in [0.29, 0.717) is 19.4 Å². The van der Waals surface area contributed by atoms with Crippen LogP contribution < -0.4 is 15.5 Å². The predicted molar refractivity (Wildman–Crippen MR) is 201 cm³/mol. The predicted octanol–water partition coefficient (Wildman–Crippen LogP) is 5.95. The van der Waals surface area contributed by atoms with Crippen LogP contribution in [-0.4, -0.2) is 78.5 Å². The van der Waals surface area contributed by atoms with Crippen molar-refractivity contribution < 1.29 is 28.1 Å². The Kier molecular flexibility index (Phi) is 15.5. The Balaban J connectivity index is 1.55. The highest BCUT2D eigenvalue weighted by molar-refractivity contribution is 7.84. The molecule has 2 aromatic rings. The van der Waals surface area contributed by atoms with E-state index in [1.807, 2.05) is 91.0 Å². The number of carbonyl (C=O) groups is 3. The number of esters is 1. The molecule has 0 saturated carbocycles. The zero-order valence-corrected chi connectivity index (χ0v) is 33.0. The molecule has 2 amide bonds. The van der Waals surface area contributed by atoms with Gasteiger partial charge in [-0.05, 0) is 77.0 Å². The second kappa shape index (κ2) is 18.4. The molecule has 0 bridgehead atoms. The summed E-state index contributed by atoms with van der Waals surface area (Å²) in [5, 5.41) is 5.08. The molecule has 2 unspecified atom stereocenters. The molecule has 3 N–H and O–H groups in total. The number of nitrogens with zero attached hydrogens (tertiary/aromatic N) is 2. The van der Waals surface area contributed by atoms with Gasteiger partial charge in [-0.2, -0.15) is 0 Å². The van der Waals surface area contributed by atoms with Crippen LogP contribution in [-0.2, 0) is 34.8 Å². The molecule has 1 aromatic carbocycles. The first-order valence-electron chi connectivity index (χ1n) is 16.7. The Morgan fingerprint density at radius 3 is 2.42 bits per heavy atom. The van der Waals surface area contributed by atoms with Crippen LogP contribution in [0.25, 0.3) is 17.0 Å². The van der Waals surface area contributed by atoms with Crippen molar-refractivity contribution in [2.24, 2.45) is 11.8 Å². The van der Waals surface area contributed by atoms with Crippen LogP contribution in [0.5, 0.6) is 0 Å². The molecule has 2 heterocycles. The lowest BCUT2D eigenvalue weighted by Gasteiger charge is -2.34. The molecule has 15 heteroatoms. The average Bonchev–Trinajstić information content (AvgIpc) is 3.04. The van der Waals surface area contributed by atoms with Gasteiger partial charge in [-0.1, -0.05) is 85.9 Å². The minimum atomic E-state index is -1.74. The number of carbonyl (C=O) groups excluding carboxylic acids is 3. The van der Waals surface area contributed by atoms with Gasteiger partial charge in [0.2, 0.25) is 9.70 Å². The number of aromatic nitrogens is 1. The number of fused-ring (bicyclic) bond motifs is 1. The minimum Gasteiger partial charge on any atom is -0.460 e. The van der Waals surface area contributed by atoms with Crippen LogP contribution in [0.15, 0.2) is 36.4 Å². The number of rotatable bonds is 14. The van der Waals surface area contributed by atoms with Gasteiger partial charge in [0.25, 0.3) is 5.91 Å². The summed E-state index contributed by atoms with van der Waals surface area (Å²) in [5.74, 6) is -1.62. The van der Waals surface area contributed by atoms with Crippen molar-refractivity contribution in [3.63, 3.8) is 0 Å². The highest BCUT2D eigenvalue weighted by Crippen LogP contribution is 2.26. The molecule has 1 aliphatic heterocycles. The standard InChI is InChI=1S/C35H50Cl3N5O6S/c1-21(2)30(31(44)39-24(5)32(45)43-17-9-10-28(41-43)33(46)49-20-35(36,37)38)48-19-22(3)11-12-25-13-14-26-15-16-27(40-29(26)18-25)23(4)42-50(47)34(6,7)8/h11-16,18,21-24,28,30,41-42H,9-10,17,19-20H2,1-8H3,(H,39,44)/b12-11+/t22?,23-,24+,28+,30+,50?/m1/s1. The Labute approximate surface area is 313 Å². The first kappa shape index (κ1) is 42.1. The fourth-order valence-electron chi connectivity index (χ4n) is 5.01. The SMILES string of the molecule is CC(/C=C/c1ccc2ccc([C@@H](C)NS(=O)C(C)(C)C)nc2c1)CO[C@H](C(=O)N[C@@H](C)C(=O)N1CCC[C@@H](C(=O)OCC(Cl)(Cl)Cl)N1)C(C)C. The van der Waals surface area contributed by atoms with E-state index in [-0.39, 0.29) is 29.2 Å². The first-order valence-corrected chi connectivity index (χ1v) is 19.0. The Bertz CT molecular complexity index is 1550. The lowest BCUT2D eigenvalue weighted by atomic mass is 10.0. The number of hydrazine groups is 1. The van der Waals surface area contributed by atoms with Crippen LogP contribution in [0.3, 0.4) is 0 Å². The number of pyridine rings is 1. The Morgan fingerprint density at radius 1 is 1.10 bits per heavy atom. The summed E-state index contributed by atoms with van der Waals surface area (Å²) in [7, 11) is -1.22. The largest absolute Gasteiger partial charge is 0.460 e. The van der Waals surface area contributed by atoms with Crippen LogP contribution in [0, 0.1) is 11.8 Å². The third kappa shape index (κ3) is 13.0. The second-order valence-corrected chi connectivity index (χ2v) is 18.5. The minimum absolute atomic E-state index is 0.0227. The van der Waals surface area contributed by atoms with Gasteiger partial charge in [-0.15, -0.1) is 0 Å². The molecular formula is C35H50Cl3N5O6S. The van der Waals surface area contributed by atoms with Crippen molar-refractivity contribution in [3.05, 3.63) is 47.7 Å². The summed E-state index contributed by atoms with van der Waals surface area (Å²) in [6, 6.07) is 8.14. The van der Waals surface area contributed by atoms with Crippen molar-refractivity contribution in [2.75, 3.05) is 19.8 Å². The molecule has 278 valence electrons. The molecule has 0 spiro atoms. The number of halogens is 3. The molecule has 0 radical (unpaired) electrons. The molecule has 1 saturated heterocycles. The maximum atomic E-state index is 13.2. The van der Waals surface area contributed by atoms with Gasteiger partial charge >= 0.3 is 5.97 Å². The molecule has 1 fully saturated rings. The van der Waals surface area contributed by atoms with Crippen molar-refractivity contribution in [3.8, 4) is 0 Å². The Hall–Kier alpha value is -2.32. The number of amides is 2. The molecule has 6 atom stereocenters. The van der Waals surface area contributed by atoms with Gasteiger partial charge in [0, 0.05) is 11.9 Å². The number of benzene rings is 1. The highest BCUT2D eigenvalue weighted by Gasteiger charge is 2.34. The quantitative estimate of drug-likeness (QED) is 0.158. The molecule has 11 nitrogen and oxygen atoms in total. The molecule has 50 heavy (non-hydrogen) atoms. The zero-order valence-electron chi connectivity index (χ0n) is 29.9. The van der Waals surface area contributed by atoms with Gasteiger partial charge in [0.05, 0.1) is 39.6 Å². The number of hydrogen-bond acceptors (Lipinski definition) is 8. The first-order chi connectivity index (χ1) is 23.2. The summed E-state index contributed by atoms with van der Waals surface area (Å²) in [6.45, 7) is 15.3. The van der Waals surface area contributed by atoms with E-state index < -0.39 is 57.4 Å². The monoisotopic (exact) mass is 773 g/mol. The van der Waals surface area contributed by atoms with Crippen LogP contribution >= 0.6 is 34.8 Å². The lowest BCUT2D eigenvalue weighted by molar-refractivity contribution is -0.153. The smallest absolute Gasteiger partial charge is 0.325 e. The van der Waals surface area contributed by atoms with Gasteiger partial charge in [0.1, 0.15) is 24.8 Å². The maximum Gasteiger partial charge on any atom is 0.325 e. The molecule has 3 rings (SSSR count). The summed E-state index contributed by atoms with van der Waals surface area (Å²) >= 11 is 17.0. The molecule has 1 aromatic heterocycles. The van der Waals surface area contributed by atoms with Crippen LogP contribution in [0.2, 0.25) is 0 Å². The van der Waals surface area contributed by atoms with Crippen molar-refractivity contribution >= 4 is 80.6 Å². The summed E-state index contributed by atoms with van der Waals surface area (Å²) < 4.78 is 24.7. The van der Waals surface area contributed by atoms with E-state index in [0.717, 1.165) is 22.2 Å². The zero-order chi connectivity index (χ0) is 37.4. The van der Waals surface area contributed by atoms with E-state index in [9.17, 15) is 18.6 Å². The van der Waals surface area contributed by atoms with E-state index in [2.05, 4.69) is 15.5 Å². The number of hydrogen-bond donors (Lipinski definition) is 3. The third-order valence-electron chi connectivity index (χ3n) is 7.89. The normalized spacial score (nSPS) is 18.9. The van der Waals surface area contributed by atoms with Gasteiger partial charge in [-0.25, -0.2) is 14.4 Å². The third-order valence-corrected chi connectivity index (χ3v) is 9.89. The molecular weight excluding hydrogens is 725 g/mol. The van der Waals surface area contributed by atoms with Gasteiger partial charge < -0.3 is 14.8 Å². The van der Waals surface area contributed by atoms with E-state index >= 15 is 0 Å². The van der Waals surface area contributed by atoms with Crippen molar-refractivity contribution in [1.29, 1.82) is 0 Å². The van der Waals surface area contributed by atoms with Gasteiger partial charge in [-0.3, -0.25) is 24.4 Å². The summed E-state index contributed by atoms with van der Waals surface area (Å²) in [4.78, 5) is 43.7. The summed E-state index contributed by atoms with van der Waals surface area (Å²) in [6.07, 6.45) is 4.21. The maximum absolute atomic E-state index is 13.2. The fraction of sp³-hybridized carbons (Fsp3) is 0.600. The number of alkyl halides is 3. The number of nitrogens with one attached hydrogen (secondary N) is 3. The van der Waals surface area contributed by atoms with Crippen LogP contribution in [0.4, 0.5) is 0 Å². The topological polar surface area (TPSA) is 139 Å². The summed E-state index contributed by atoms with van der Waals surface area (Å²) in [5.41, 5.74) is 5.47. The van der Waals surface area contributed by atoms with Crippen LogP contribution in [0.1, 0.15) is 85.5 Å². The van der Waals surface area contributed by atoms with E-state index in [4.69, 9.17) is 49.3 Å². The molecule has 0 aliphatic carbocycles. The average molecular weight is 775 g/mol. The van der Waals surface area contributed by atoms with Crippen molar-refractivity contribution in [1.82, 2.24) is 25.5 Å². The lowest BCUT2D eigenvalue weighted by Crippen LogP contribution is -2.60. The van der Waals surface area contributed by atoms with Gasteiger partial charge in [0.15, 0.2) is 0 Å². The fourth-order valence-corrected chi connectivity index (χ4v) is 5.97. The van der Waals surface area contributed by atoms with E-state index in [1.165, 1.54) is 5.01 Å². The second-order valence-electron chi connectivity index (χ2n) is 14.0. The Morgan fingerprint density at radius 2 is 1.78 bits per heavy atom.